The van der Waals surface area contributed by atoms with Crippen LogP contribution in [0.25, 0.3) is 0 Å². The molecule has 0 aliphatic heterocycles. The van der Waals surface area contributed by atoms with Crippen LogP contribution in [-0.2, 0) is 10.3 Å². The third kappa shape index (κ3) is 3.03. The molecular weight excluding hydrogens is 332 g/mol. The first kappa shape index (κ1) is 15.4. The minimum Gasteiger partial charge on any atom is -0.508 e. The van der Waals surface area contributed by atoms with E-state index < -0.39 is 11.4 Å². The number of phenolic OH excluding ortho intramolecular Hbond substituents is 1. The molecule has 21 heavy (non-hydrogen) atoms. The third-order valence-electron chi connectivity index (χ3n) is 3.53. The Morgan fingerprint density at radius 2 is 1.86 bits per heavy atom. The molecule has 0 radical (unpaired) electrons. The highest BCUT2D eigenvalue weighted by Crippen LogP contribution is 2.33. The second kappa shape index (κ2) is 6.18. The summed E-state index contributed by atoms with van der Waals surface area (Å²) in [7, 11) is 0. The van der Waals surface area contributed by atoms with E-state index in [0.29, 0.717) is 12.0 Å². The van der Waals surface area contributed by atoms with Crippen molar-refractivity contribution in [2.24, 2.45) is 5.73 Å². The Kier molecular flexibility index (Phi) is 4.53. The zero-order chi connectivity index (χ0) is 15.5. The van der Waals surface area contributed by atoms with E-state index in [1.807, 2.05) is 31.2 Å². The summed E-state index contributed by atoms with van der Waals surface area (Å²) in [5.74, 6) is -0.319. The smallest absolute Gasteiger partial charge is 0.247 e. The lowest BCUT2D eigenvalue weighted by Crippen LogP contribution is -2.47. The highest BCUT2D eigenvalue weighted by molar-refractivity contribution is 9.10. The van der Waals surface area contributed by atoms with Crippen LogP contribution in [0.3, 0.4) is 0 Å². The van der Waals surface area contributed by atoms with Crippen LogP contribution in [0, 0.1) is 0 Å². The second-order valence-electron chi connectivity index (χ2n) is 4.77. The van der Waals surface area contributed by atoms with Gasteiger partial charge in [-0.15, -0.1) is 0 Å². The monoisotopic (exact) mass is 348 g/mol. The Labute approximate surface area is 132 Å². The van der Waals surface area contributed by atoms with Gasteiger partial charge in [0.2, 0.25) is 5.91 Å². The molecule has 0 aromatic heterocycles. The van der Waals surface area contributed by atoms with E-state index in [4.69, 9.17) is 5.73 Å². The summed E-state index contributed by atoms with van der Waals surface area (Å²) in [6.45, 7) is 1.89. The Morgan fingerprint density at radius 1 is 1.24 bits per heavy atom. The molecule has 2 rings (SSSR count). The van der Waals surface area contributed by atoms with Crippen molar-refractivity contribution in [3.05, 3.63) is 58.6 Å². The van der Waals surface area contributed by atoms with Gasteiger partial charge in [-0.3, -0.25) is 4.79 Å². The maximum absolute atomic E-state index is 12.1. The van der Waals surface area contributed by atoms with Crippen molar-refractivity contribution in [3.8, 4) is 5.75 Å². The number of hydrogen-bond acceptors (Lipinski definition) is 3. The first-order chi connectivity index (χ1) is 9.99. The predicted molar refractivity (Wildman–Crippen MR) is 87.0 cm³/mol. The van der Waals surface area contributed by atoms with Crippen LogP contribution in [0.2, 0.25) is 0 Å². The summed E-state index contributed by atoms with van der Waals surface area (Å²) in [5.41, 5.74) is 6.14. The van der Waals surface area contributed by atoms with Crippen LogP contribution in [0.15, 0.2) is 53.0 Å². The van der Waals surface area contributed by atoms with Crippen molar-refractivity contribution in [1.82, 2.24) is 0 Å². The lowest BCUT2D eigenvalue weighted by Gasteiger charge is -2.32. The summed E-state index contributed by atoms with van der Waals surface area (Å²) >= 11 is 3.46. The maximum atomic E-state index is 12.1. The molecule has 1 atom stereocenters. The molecule has 1 amide bonds. The summed E-state index contributed by atoms with van der Waals surface area (Å²) < 4.78 is 0.850. The van der Waals surface area contributed by atoms with E-state index in [0.717, 1.165) is 10.2 Å². The molecule has 1 unspecified atom stereocenters. The van der Waals surface area contributed by atoms with Gasteiger partial charge >= 0.3 is 0 Å². The number of carbonyl (C=O) groups is 1. The molecule has 5 heteroatoms. The molecule has 2 aromatic rings. The fraction of sp³-hybridized carbons (Fsp3) is 0.188. The molecule has 2 aromatic carbocycles. The molecule has 0 saturated heterocycles. The minimum atomic E-state index is -1.03. The highest BCUT2D eigenvalue weighted by atomic mass is 79.9. The Hall–Kier alpha value is -2.01. The molecule has 0 aliphatic carbocycles. The molecule has 0 aliphatic rings. The minimum absolute atomic E-state index is 0.147. The SMILES string of the molecule is CCC(Nc1ccccc1Br)(C(N)=O)c1ccc(O)cc1. The van der Waals surface area contributed by atoms with Gasteiger partial charge in [-0.2, -0.15) is 0 Å². The average Bonchev–Trinajstić information content (AvgIpc) is 2.47. The molecule has 0 heterocycles. The van der Waals surface area contributed by atoms with E-state index in [1.54, 1.807) is 24.3 Å². The number of carbonyl (C=O) groups excluding carboxylic acids is 1. The lowest BCUT2D eigenvalue weighted by atomic mass is 9.86. The molecule has 0 fully saturated rings. The number of hydrogen-bond donors (Lipinski definition) is 3. The standard InChI is InChI=1S/C16H17BrN2O2/c1-2-16(15(18)21,11-7-9-12(20)10-8-11)19-14-6-4-3-5-13(14)17/h3-10,19-20H,2H2,1H3,(H2,18,21). The number of anilines is 1. The number of phenols is 1. The molecule has 0 saturated carbocycles. The molecular formula is C16H17BrN2O2. The number of halogens is 1. The number of aromatic hydroxyl groups is 1. The average molecular weight is 349 g/mol. The summed E-state index contributed by atoms with van der Waals surface area (Å²) in [6.07, 6.45) is 0.481. The van der Waals surface area contributed by atoms with Crippen LogP contribution >= 0.6 is 15.9 Å². The normalized spacial score (nSPS) is 13.4. The fourth-order valence-corrected chi connectivity index (χ4v) is 2.67. The number of benzene rings is 2. The summed E-state index contributed by atoms with van der Waals surface area (Å²) in [4.78, 5) is 12.1. The van der Waals surface area contributed by atoms with E-state index in [2.05, 4.69) is 21.2 Å². The Bertz CT molecular complexity index is 643. The highest BCUT2D eigenvalue weighted by Gasteiger charge is 2.37. The van der Waals surface area contributed by atoms with E-state index >= 15 is 0 Å². The van der Waals surface area contributed by atoms with Gasteiger partial charge in [0.1, 0.15) is 11.3 Å². The van der Waals surface area contributed by atoms with Gasteiger partial charge in [0.15, 0.2) is 0 Å². The number of rotatable bonds is 5. The maximum Gasteiger partial charge on any atom is 0.247 e. The van der Waals surface area contributed by atoms with E-state index in [-0.39, 0.29) is 5.75 Å². The van der Waals surface area contributed by atoms with Crippen LogP contribution in [0.4, 0.5) is 5.69 Å². The Morgan fingerprint density at radius 3 is 2.38 bits per heavy atom. The third-order valence-corrected chi connectivity index (χ3v) is 4.22. The van der Waals surface area contributed by atoms with Gasteiger partial charge in [-0.05, 0) is 52.2 Å². The molecule has 4 nitrogen and oxygen atoms in total. The number of nitrogens with one attached hydrogen (secondary N) is 1. The lowest BCUT2D eigenvalue weighted by molar-refractivity contribution is -0.122. The van der Waals surface area contributed by atoms with Crippen LogP contribution in [0.1, 0.15) is 18.9 Å². The molecule has 0 spiro atoms. The van der Waals surface area contributed by atoms with Crippen LogP contribution < -0.4 is 11.1 Å². The second-order valence-corrected chi connectivity index (χ2v) is 5.63. The number of para-hydroxylation sites is 1. The number of nitrogens with two attached hydrogens (primary N) is 1. The van der Waals surface area contributed by atoms with Gasteiger partial charge in [0, 0.05) is 10.2 Å². The van der Waals surface area contributed by atoms with Gasteiger partial charge in [-0.25, -0.2) is 0 Å². The largest absolute Gasteiger partial charge is 0.508 e. The Balaban J connectivity index is 2.50. The van der Waals surface area contributed by atoms with Crippen molar-refractivity contribution in [2.45, 2.75) is 18.9 Å². The van der Waals surface area contributed by atoms with E-state index in [9.17, 15) is 9.90 Å². The van der Waals surface area contributed by atoms with Gasteiger partial charge in [0.25, 0.3) is 0 Å². The fourth-order valence-electron chi connectivity index (χ4n) is 2.28. The van der Waals surface area contributed by atoms with Gasteiger partial charge < -0.3 is 16.2 Å². The van der Waals surface area contributed by atoms with Gasteiger partial charge in [0.05, 0.1) is 0 Å². The van der Waals surface area contributed by atoms with Crippen molar-refractivity contribution in [2.75, 3.05) is 5.32 Å². The van der Waals surface area contributed by atoms with Crippen LogP contribution in [-0.4, -0.2) is 11.0 Å². The first-order valence-electron chi connectivity index (χ1n) is 6.61. The molecule has 110 valence electrons. The molecule has 4 N–H and O–H groups in total. The summed E-state index contributed by atoms with van der Waals surface area (Å²) in [6, 6.07) is 14.0. The van der Waals surface area contributed by atoms with Gasteiger partial charge in [-0.1, -0.05) is 31.2 Å². The predicted octanol–water partition coefficient (Wildman–Crippen LogP) is 3.36. The summed E-state index contributed by atoms with van der Waals surface area (Å²) in [5, 5.41) is 12.7. The first-order valence-corrected chi connectivity index (χ1v) is 7.41. The quantitative estimate of drug-likeness (QED) is 0.775. The van der Waals surface area contributed by atoms with Crippen molar-refractivity contribution < 1.29 is 9.90 Å². The van der Waals surface area contributed by atoms with Crippen molar-refractivity contribution >= 4 is 27.5 Å². The molecule has 0 bridgehead atoms. The zero-order valence-corrected chi connectivity index (χ0v) is 13.2. The number of amides is 1. The van der Waals surface area contributed by atoms with Crippen molar-refractivity contribution in [3.63, 3.8) is 0 Å². The zero-order valence-electron chi connectivity index (χ0n) is 11.6. The topological polar surface area (TPSA) is 75.3 Å². The number of primary amides is 1. The van der Waals surface area contributed by atoms with E-state index in [1.165, 1.54) is 0 Å². The van der Waals surface area contributed by atoms with Crippen LogP contribution in [0.5, 0.6) is 5.75 Å². The van der Waals surface area contributed by atoms with Crippen molar-refractivity contribution in [1.29, 1.82) is 0 Å².